The SMILES string of the molecule is CC1OCCC1C(=O)NN. The van der Waals surface area contributed by atoms with Crippen molar-refractivity contribution in [2.45, 2.75) is 19.4 Å². The Kier molecular flexibility index (Phi) is 2.24. The van der Waals surface area contributed by atoms with Gasteiger partial charge in [-0.1, -0.05) is 0 Å². The van der Waals surface area contributed by atoms with E-state index in [0.717, 1.165) is 6.42 Å². The molecule has 1 fully saturated rings. The van der Waals surface area contributed by atoms with Crippen LogP contribution in [0.5, 0.6) is 0 Å². The number of carbonyl (C=O) groups excluding carboxylic acids is 1. The fraction of sp³-hybridized carbons (Fsp3) is 0.833. The molecule has 2 atom stereocenters. The summed E-state index contributed by atoms with van der Waals surface area (Å²) >= 11 is 0. The van der Waals surface area contributed by atoms with Gasteiger partial charge in [0.05, 0.1) is 12.0 Å². The van der Waals surface area contributed by atoms with Crippen LogP contribution in [0.25, 0.3) is 0 Å². The summed E-state index contributed by atoms with van der Waals surface area (Å²) in [5, 5.41) is 0. The predicted octanol–water partition coefficient (Wildman–Crippen LogP) is -0.599. The van der Waals surface area contributed by atoms with Gasteiger partial charge < -0.3 is 4.74 Å². The minimum absolute atomic E-state index is 0.0172. The molecule has 4 heteroatoms. The fourth-order valence-corrected chi connectivity index (χ4v) is 1.18. The summed E-state index contributed by atoms with van der Waals surface area (Å²) in [6.07, 6.45) is 0.799. The van der Waals surface area contributed by atoms with Gasteiger partial charge in [0, 0.05) is 6.61 Å². The third-order valence-corrected chi connectivity index (χ3v) is 1.86. The Morgan fingerprint density at radius 3 is 2.90 bits per heavy atom. The van der Waals surface area contributed by atoms with E-state index in [0.29, 0.717) is 6.61 Å². The van der Waals surface area contributed by atoms with Gasteiger partial charge in [0.25, 0.3) is 0 Å². The lowest BCUT2D eigenvalue weighted by Crippen LogP contribution is -2.38. The zero-order valence-electron chi connectivity index (χ0n) is 5.96. The Hall–Kier alpha value is -0.610. The molecule has 0 aromatic carbocycles. The topological polar surface area (TPSA) is 64.3 Å². The highest BCUT2D eigenvalue weighted by Crippen LogP contribution is 2.19. The van der Waals surface area contributed by atoms with Crippen LogP contribution < -0.4 is 11.3 Å². The lowest BCUT2D eigenvalue weighted by Gasteiger charge is -2.10. The number of hydrogen-bond donors (Lipinski definition) is 2. The smallest absolute Gasteiger partial charge is 0.239 e. The Morgan fingerprint density at radius 2 is 2.50 bits per heavy atom. The molecule has 1 aliphatic heterocycles. The van der Waals surface area contributed by atoms with Crippen molar-refractivity contribution < 1.29 is 9.53 Å². The molecular formula is C6H12N2O2. The number of hydrogen-bond acceptors (Lipinski definition) is 3. The first-order valence-electron chi connectivity index (χ1n) is 3.37. The van der Waals surface area contributed by atoms with E-state index in [1.54, 1.807) is 0 Å². The molecule has 58 valence electrons. The summed E-state index contributed by atoms with van der Waals surface area (Å²) in [7, 11) is 0. The van der Waals surface area contributed by atoms with Crippen LogP contribution in [0.15, 0.2) is 0 Å². The number of carbonyl (C=O) groups is 1. The molecular weight excluding hydrogens is 132 g/mol. The maximum absolute atomic E-state index is 10.9. The van der Waals surface area contributed by atoms with Crippen molar-refractivity contribution in [2.24, 2.45) is 11.8 Å². The van der Waals surface area contributed by atoms with Crippen molar-refractivity contribution in [3.63, 3.8) is 0 Å². The van der Waals surface area contributed by atoms with E-state index in [2.05, 4.69) is 5.43 Å². The molecule has 2 unspecified atom stereocenters. The zero-order valence-corrected chi connectivity index (χ0v) is 5.96. The quantitative estimate of drug-likeness (QED) is 0.293. The maximum atomic E-state index is 10.9. The molecule has 1 aliphatic rings. The summed E-state index contributed by atoms with van der Waals surface area (Å²) in [6, 6.07) is 0. The largest absolute Gasteiger partial charge is 0.378 e. The fourth-order valence-electron chi connectivity index (χ4n) is 1.18. The number of nitrogens with one attached hydrogen (secondary N) is 1. The van der Waals surface area contributed by atoms with Crippen molar-refractivity contribution in [2.75, 3.05) is 6.61 Å². The van der Waals surface area contributed by atoms with Crippen molar-refractivity contribution >= 4 is 5.91 Å². The van der Waals surface area contributed by atoms with Crippen LogP contribution in [0, 0.1) is 5.92 Å². The van der Waals surface area contributed by atoms with Gasteiger partial charge in [-0.2, -0.15) is 0 Å². The van der Waals surface area contributed by atoms with Crippen molar-refractivity contribution in [1.29, 1.82) is 0 Å². The molecule has 3 N–H and O–H groups in total. The summed E-state index contributed by atoms with van der Waals surface area (Å²) in [5.41, 5.74) is 2.12. The van der Waals surface area contributed by atoms with Gasteiger partial charge in [-0.05, 0) is 13.3 Å². The Balaban J connectivity index is 2.46. The van der Waals surface area contributed by atoms with Crippen LogP contribution >= 0.6 is 0 Å². The molecule has 1 rings (SSSR count). The minimum atomic E-state index is -0.120. The molecule has 10 heavy (non-hydrogen) atoms. The molecule has 1 heterocycles. The van der Waals surface area contributed by atoms with Crippen molar-refractivity contribution in [3.05, 3.63) is 0 Å². The second kappa shape index (κ2) is 2.98. The lowest BCUT2D eigenvalue weighted by atomic mass is 10.0. The molecule has 0 saturated carbocycles. The van der Waals surface area contributed by atoms with Gasteiger partial charge in [-0.3, -0.25) is 10.2 Å². The monoisotopic (exact) mass is 144 g/mol. The first-order valence-corrected chi connectivity index (χ1v) is 3.37. The standard InChI is InChI=1S/C6H12N2O2/c1-4-5(2-3-10-4)6(9)8-7/h4-5H,2-3,7H2,1H3,(H,8,9). The van der Waals surface area contributed by atoms with E-state index >= 15 is 0 Å². The highest BCUT2D eigenvalue weighted by atomic mass is 16.5. The van der Waals surface area contributed by atoms with E-state index in [9.17, 15) is 4.79 Å². The van der Waals surface area contributed by atoms with E-state index < -0.39 is 0 Å². The van der Waals surface area contributed by atoms with Gasteiger partial charge in [0.2, 0.25) is 5.91 Å². The van der Waals surface area contributed by atoms with E-state index in [1.165, 1.54) is 0 Å². The first-order chi connectivity index (χ1) is 4.75. The highest BCUT2D eigenvalue weighted by Gasteiger charge is 2.29. The molecule has 0 spiro atoms. The normalized spacial score (nSPS) is 32.2. The molecule has 4 nitrogen and oxygen atoms in total. The average Bonchev–Trinajstić information content (AvgIpc) is 2.34. The minimum Gasteiger partial charge on any atom is -0.378 e. The molecule has 0 aliphatic carbocycles. The van der Waals surface area contributed by atoms with Crippen molar-refractivity contribution in [3.8, 4) is 0 Å². The predicted molar refractivity (Wildman–Crippen MR) is 35.9 cm³/mol. The third-order valence-electron chi connectivity index (χ3n) is 1.86. The van der Waals surface area contributed by atoms with Crippen LogP contribution in [0.3, 0.4) is 0 Å². The lowest BCUT2D eigenvalue weighted by molar-refractivity contribution is -0.126. The summed E-state index contributed by atoms with van der Waals surface area (Å²) in [6.45, 7) is 2.55. The molecule has 0 radical (unpaired) electrons. The molecule has 0 bridgehead atoms. The van der Waals surface area contributed by atoms with Crippen LogP contribution in [0.2, 0.25) is 0 Å². The highest BCUT2D eigenvalue weighted by molar-refractivity contribution is 5.78. The second-order valence-electron chi connectivity index (χ2n) is 2.48. The zero-order chi connectivity index (χ0) is 7.56. The average molecular weight is 144 g/mol. The van der Waals surface area contributed by atoms with Crippen LogP contribution in [0.4, 0.5) is 0 Å². The first kappa shape index (κ1) is 7.50. The summed E-state index contributed by atoms with van der Waals surface area (Å²) < 4.78 is 5.17. The van der Waals surface area contributed by atoms with Crippen LogP contribution in [-0.2, 0) is 9.53 Å². The molecule has 1 amide bonds. The van der Waals surface area contributed by atoms with Gasteiger partial charge in [-0.15, -0.1) is 0 Å². The van der Waals surface area contributed by atoms with Gasteiger partial charge >= 0.3 is 0 Å². The Bertz CT molecular complexity index is 138. The number of amides is 1. The third kappa shape index (κ3) is 1.27. The van der Waals surface area contributed by atoms with Crippen LogP contribution in [0.1, 0.15) is 13.3 Å². The molecule has 0 aromatic heterocycles. The summed E-state index contributed by atoms with van der Waals surface area (Å²) in [5.74, 6) is 4.79. The second-order valence-corrected chi connectivity index (χ2v) is 2.48. The number of nitrogens with two attached hydrogens (primary N) is 1. The van der Waals surface area contributed by atoms with E-state index in [1.807, 2.05) is 6.92 Å². The number of hydrazine groups is 1. The van der Waals surface area contributed by atoms with E-state index in [-0.39, 0.29) is 17.9 Å². The molecule has 0 aromatic rings. The molecule has 1 saturated heterocycles. The Labute approximate surface area is 59.7 Å². The van der Waals surface area contributed by atoms with Gasteiger partial charge in [0.1, 0.15) is 0 Å². The summed E-state index contributed by atoms with van der Waals surface area (Å²) in [4.78, 5) is 10.9. The van der Waals surface area contributed by atoms with Crippen molar-refractivity contribution in [1.82, 2.24) is 5.43 Å². The van der Waals surface area contributed by atoms with Gasteiger partial charge in [0.15, 0.2) is 0 Å². The number of rotatable bonds is 1. The van der Waals surface area contributed by atoms with Gasteiger partial charge in [-0.25, -0.2) is 5.84 Å². The number of ether oxygens (including phenoxy) is 1. The maximum Gasteiger partial charge on any atom is 0.239 e. The van der Waals surface area contributed by atoms with E-state index in [4.69, 9.17) is 10.6 Å². The van der Waals surface area contributed by atoms with Crippen LogP contribution in [-0.4, -0.2) is 18.6 Å². The Morgan fingerprint density at radius 1 is 1.80 bits per heavy atom.